The average Bonchev–Trinajstić information content (AvgIpc) is 2.37. The highest BCUT2D eigenvalue weighted by Crippen LogP contribution is 2.11. The van der Waals surface area contributed by atoms with Gasteiger partial charge in [0.2, 0.25) is 0 Å². The van der Waals surface area contributed by atoms with Gasteiger partial charge in [-0.3, -0.25) is 9.59 Å². The molecule has 4 nitrogen and oxygen atoms in total. The lowest BCUT2D eigenvalue weighted by Gasteiger charge is -2.11. The second-order valence-electron chi connectivity index (χ2n) is 4.10. The Morgan fingerprint density at radius 1 is 1.28 bits per heavy atom. The monoisotopic (exact) mass is 250 g/mol. The predicted octanol–water partition coefficient (Wildman–Crippen LogP) is 2.27. The Kier molecular flexibility index (Phi) is 5.91. The van der Waals surface area contributed by atoms with E-state index in [4.69, 9.17) is 9.84 Å². The molecule has 0 saturated carbocycles. The highest BCUT2D eigenvalue weighted by molar-refractivity contribution is 5.94. The summed E-state index contributed by atoms with van der Waals surface area (Å²) in [4.78, 5) is 22.7. The summed E-state index contributed by atoms with van der Waals surface area (Å²) in [6.45, 7) is 2.26. The van der Waals surface area contributed by atoms with Crippen LogP contribution >= 0.6 is 0 Å². The molecule has 0 heterocycles. The van der Waals surface area contributed by atoms with Gasteiger partial charge in [-0.25, -0.2) is 0 Å². The van der Waals surface area contributed by atoms with E-state index in [0.717, 1.165) is 18.4 Å². The molecule has 1 N–H and O–H groups in total. The van der Waals surface area contributed by atoms with Crippen LogP contribution < -0.4 is 0 Å². The first-order valence-electron chi connectivity index (χ1n) is 6.08. The zero-order chi connectivity index (χ0) is 13.4. The van der Waals surface area contributed by atoms with E-state index in [1.54, 1.807) is 12.1 Å². The van der Waals surface area contributed by atoms with E-state index >= 15 is 0 Å². The number of carbonyl (C=O) groups excluding carboxylic acids is 1. The second-order valence-corrected chi connectivity index (χ2v) is 4.10. The number of carboxylic acid groups (broad SMARTS) is 1. The molecule has 18 heavy (non-hydrogen) atoms. The van der Waals surface area contributed by atoms with Crippen LogP contribution in [0, 0.1) is 5.92 Å². The van der Waals surface area contributed by atoms with Crippen molar-refractivity contribution >= 4 is 11.9 Å². The van der Waals surface area contributed by atoms with E-state index < -0.39 is 17.9 Å². The summed E-state index contributed by atoms with van der Waals surface area (Å²) >= 11 is 0. The third-order valence-corrected chi connectivity index (χ3v) is 2.61. The van der Waals surface area contributed by atoms with E-state index in [2.05, 4.69) is 0 Å². The summed E-state index contributed by atoms with van der Waals surface area (Å²) in [6, 6.07) is 9.08. The molecule has 0 fully saturated rings. The smallest absolute Gasteiger partial charge is 0.320 e. The topological polar surface area (TPSA) is 63.6 Å². The van der Waals surface area contributed by atoms with Crippen LogP contribution in [0.3, 0.4) is 0 Å². The SMILES string of the molecule is CCCCOC(=O)C(Cc1ccccc1)C(=O)O. The molecular formula is C14H18O4. The lowest BCUT2D eigenvalue weighted by Crippen LogP contribution is -2.28. The Balaban J connectivity index is 2.60. The largest absolute Gasteiger partial charge is 0.481 e. The molecule has 0 aliphatic rings. The van der Waals surface area contributed by atoms with Crippen LogP contribution in [0.2, 0.25) is 0 Å². The van der Waals surface area contributed by atoms with Crippen molar-refractivity contribution in [1.82, 2.24) is 0 Å². The second kappa shape index (κ2) is 7.48. The van der Waals surface area contributed by atoms with E-state index in [-0.39, 0.29) is 13.0 Å². The summed E-state index contributed by atoms with van der Waals surface area (Å²) in [7, 11) is 0. The normalized spacial score (nSPS) is 11.8. The maximum Gasteiger partial charge on any atom is 0.320 e. The van der Waals surface area contributed by atoms with Crippen molar-refractivity contribution in [3.05, 3.63) is 35.9 Å². The molecule has 0 saturated heterocycles. The van der Waals surface area contributed by atoms with Crippen LogP contribution in [-0.4, -0.2) is 23.7 Å². The maximum absolute atomic E-state index is 11.7. The molecule has 0 amide bonds. The van der Waals surface area contributed by atoms with Gasteiger partial charge in [-0.15, -0.1) is 0 Å². The number of benzene rings is 1. The molecule has 0 radical (unpaired) electrons. The molecule has 1 aromatic carbocycles. The molecule has 0 aliphatic carbocycles. The van der Waals surface area contributed by atoms with Crippen molar-refractivity contribution in [1.29, 1.82) is 0 Å². The highest BCUT2D eigenvalue weighted by atomic mass is 16.5. The van der Waals surface area contributed by atoms with Crippen LogP contribution in [0.15, 0.2) is 30.3 Å². The molecule has 1 atom stereocenters. The maximum atomic E-state index is 11.7. The van der Waals surface area contributed by atoms with Gasteiger partial charge in [-0.1, -0.05) is 43.7 Å². The summed E-state index contributed by atoms with van der Waals surface area (Å²) in [5.41, 5.74) is 0.817. The fourth-order valence-electron chi connectivity index (χ4n) is 1.54. The standard InChI is InChI=1S/C14H18O4/c1-2-3-9-18-14(17)12(13(15)16)10-11-7-5-4-6-8-11/h4-8,12H,2-3,9-10H2,1H3,(H,15,16). The Labute approximate surface area is 107 Å². The molecule has 1 rings (SSSR count). The molecule has 0 bridgehead atoms. The van der Waals surface area contributed by atoms with Crippen molar-refractivity contribution in [2.75, 3.05) is 6.61 Å². The number of hydrogen-bond donors (Lipinski definition) is 1. The number of carbonyl (C=O) groups is 2. The molecule has 98 valence electrons. The lowest BCUT2D eigenvalue weighted by atomic mass is 10.00. The van der Waals surface area contributed by atoms with Crippen LogP contribution in [0.4, 0.5) is 0 Å². The van der Waals surface area contributed by atoms with Gasteiger partial charge in [0.05, 0.1) is 6.61 Å². The number of esters is 1. The van der Waals surface area contributed by atoms with Gasteiger partial charge >= 0.3 is 11.9 Å². The number of unbranched alkanes of at least 4 members (excludes halogenated alkanes) is 1. The van der Waals surface area contributed by atoms with Crippen molar-refractivity contribution in [2.24, 2.45) is 5.92 Å². The minimum Gasteiger partial charge on any atom is -0.481 e. The Bertz CT molecular complexity index is 386. The van der Waals surface area contributed by atoms with Gasteiger partial charge in [-0.2, -0.15) is 0 Å². The molecule has 1 aromatic rings. The van der Waals surface area contributed by atoms with Crippen LogP contribution in [-0.2, 0) is 20.7 Å². The van der Waals surface area contributed by atoms with Crippen LogP contribution in [0.5, 0.6) is 0 Å². The Hall–Kier alpha value is -1.84. The first-order chi connectivity index (χ1) is 8.65. The van der Waals surface area contributed by atoms with E-state index in [0.29, 0.717) is 0 Å². The van der Waals surface area contributed by atoms with Crippen LogP contribution in [0.1, 0.15) is 25.3 Å². The van der Waals surface area contributed by atoms with Crippen LogP contribution in [0.25, 0.3) is 0 Å². The number of carboxylic acids is 1. The summed E-state index contributed by atoms with van der Waals surface area (Å²) < 4.78 is 4.96. The highest BCUT2D eigenvalue weighted by Gasteiger charge is 2.27. The number of aliphatic carboxylic acids is 1. The van der Waals surface area contributed by atoms with E-state index in [9.17, 15) is 9.59 Å². The molecule has 4 heteroatoms. The van der Waals surface area contributed by atoms with Gasteiger partial charge in [0.1, 0.15) is 0 Å². The summed E-state index contributed by atoms with van der Waals surface area (Å²) in [5.74, 6) is -2.91. The van der Waals surface area contributed by atoms with Gasteiger partial charge < -0.3 is 9.84 Å². The first kappa shape index (κ1) is 14.2. The molecular weight excluding hydrogens is 232 g/mol. The third kappa shape index (κ3) is 4.57. The molecule has 0 aliphatic heterocycles. The molecule has 1 unspecified atom stereocenters. The van der Waals surface area contributed by atoms with Gasteiger partial charge in [-0.05, 0) is 18.4 Å². The lowest BCUT2D eigenvalue weighted by molar-refractivity contribution is -0.158. The predicted molar refractivity (Wildman–Crippen MR) is 67.1 cm³/mol. The molecule has 0 aromatic heterocycles. The summed E-state index contributed by atoms with van der Waals surface area (Å²) in [6.07, 6.45) is 1.83. The first-order valence-corrected chi connectivity index (χ1v) is 6.08. The third-order valence-electron chi connectivity index (χ3n) is 2.61. The minimum atomic E-state index is -1.14. The van der Waals surface area contributed by atoms with Gasteiger partial charge in [0.15, 0.2) is 5.92 Å². The zero-order valence-electron chi connectivity index (χ0n) is 10.5. The van der Waals surface area contributed by atoms with Crippen molar-refractivity contribution in [3.8, 4) is 0 Å². The molecule has 0 spiro atoms. The fraction of sp³-hybridized carbons (Fsp3) is 0.429. The minimum absolute atomic E-state index is 0.168. The number of hydrogen-bond acceptors (Lipinski definition) is 3. The van der Waals surface area contributed by atoms with E-state index in [1.165, 1.54) is 0 Å². The van der Waals surface area contributed by atoms with E-state index in [1.807, 2.05) is 25.1 Å². The number of rotatable bonds is 7. The van der Waals surface area contributed by atoms with Crippen molar-refractivity contribution < 1.29 is 19.4 Å². The van der Waals surface area contributed by atoms with Gasteiger partial charge in [0, 0.05) is 0 Å². The van der Waals surface area contributed by atoms with Crippen molar-refractivity contribution in [3.63, 3.8) is 0 Å². The Morgan fingerprint density at radius 3 is 2.50 bits per heavy atom. The summed E-state index contributed by atoms with van der Waals surface area (Å²) in [5, 5.41) is 9.06. The quantitative estimate of drug-likeness (QED) is 0.458. The Morgan fingerprint density at radius 2 is 1.94 bits per heavy atom. The fourth-order valence-corrected chi connectivity index (χ4v) is 1.54. The number of ether oxygens (including phenoxy) is 1. The zero-order valence-corrected chi connectivity index (χ0v) is 10.5. The average molecular weight is 250 g/mol. The van der Waals surface area contributed by atoms with Crippen molar-refractivity contribution in [2.45, 2.75) is 26.2 Å². The van der Waals surface area contributed by atoms with Gasteiger partial charge in [0.25, 0.3) is 0 Å².